The van der Waals surface area contributed by atoms with Crippen molar-refractivity contribution in [3.63, 3.8) is 0 Å². The van der Waals surface area contributed by atoms with Gasteiger partial charge in [-0.2, -0.15) is 0 Å². The van der Waals surface area contributed by atoms with E-state index in [1.54, 1.807) is 24.4 Å². The second kappa shape index (κ2) is 8.86. The molecule has 1 unspecified atom stereocenters. The van der Waals surface area contributed by atoms with Gasteiger partial charge in [-0.25, -0.2) is 4.98 Å². The minimum atomic E-state index is -0.0849. The van der Waals surface area contributed by atoms with Gasteiger partial charge in [0, 0.05) is 25.0 Å². The molecule has 1 heterocycles. The van der Waals surface area contributed by atoms with Gasteiger partial charge in [0.1, 0.15) is 16.5 Å². The molecule has 1 amide bonds. The summed E-state index contributed by atoms with van der Waals surface area (Å²) in [5.74, 6) is 0.757. The van der Waals surface area contributed by atoms with E-state index in [0.29, 0.717) is 12.2 Å². The van der Waals surface area contributed by atoms with Gasteiger partial charge in [-0.05, 0) is 25.0 Å². The molecule has 0 saturated heterocycles. The quantitative estimate of drug-likeness (QED) is 0.865. The molecule has 7 heteroatoms. The Morgan fingerprint density at radius 1 is 1.43 bits per heavy atom. The lowest BCUT2D eigenvalue weighted by molar-refractivity contribution is 0.0737. The van der Waals surface area contributed by atoms with Gasteiger partial charge >= 0.3 is 0 Å². The fourth-order valence-corrected chi connectivity index (χ4v) is 2.86. The van der Waals surface area contributed by atoms with E-state index in [-0.39, 0.29) is 24.4 Å². The maximum Gasteiger partial charge on any atom is 0.273 e. The summed E-state index contributed by atoms with van der Waals surface area (Å²) in [4.78, 5) is 18.4. The van der Waals surface area contributed by atoms with Crippen molar-refractivity contribution in [3.05, 3.63) is 45.9 Å². The maximum atomic E-state index is 12.5. The van der Waals surface area contributed by atoms with E-state index in [1.165, 1.54) is 11.3 Å². The number of nitrogens with zero attached hydrogens (tertiary/aromatic N) is 2. The first-order valence-corrected chi connectivity index (χ1v) is 7.98. The van der Waals surface area contributed by atoms with Crippen molar-refractivity contribution in [1.29, 1.82) is 0 Å². The fraction of sp³-hybridized carbons (Fsp3) is 0.375. The number of ether oxygens (including phenoxy) is 1. The summed E-state index contributed by atoms with van der Waals surface area (Å²) in [6.45, 7) is 2.37. The van der Waals surface area contributed by atoms with Gasteiger partial charge in [-0.1, -0.05) is 18.2 Å². The molecule has 0 aliphatic heterocycles. The van der Waals surface area contributed by atoms with Crippen LogP contribution in [-0.4, -0.2) is 36.0 Å². The number of likely N-dealkylation sites (N-methyl/N-ethyl adjacent to an activating group) is 1. The Balaban J connectivity index is 0.00000264. The molecule has 2 aromatic rings. The van der Waals surface area contributed by atoms with Crippen LogP contribution in [0.3, 0.4) is 0 Å². The molecule has 0 aliphatic rings. The monoisotopic (exact) mass is 355 g/mol. The van der Waals surface area contributed by atoms with E-state index in [2.05, 4.69) is 4.98 Å². The molecule has 0 aliphatic carbocycles. The Morgan fingerprint density at radius 2 is 2.13 bits per heavy atom. The van der Waals surface area contributed by atoms with Crippen LogP contribution >= 0.6 is 23.7 Å². The van der Waals surface area contributed by atoms with Crippen LogP contribution in [0.5, 0.6) is 5.75 Å². The molecule has 23 heavy (non-hydrogen) atoms. The van der Waals surface area contributed by atoms with Crippen LogP contribution in [0.25, 0.3) is 0 Å². The van der Waals surface area contributed by atoms with Gasteiger partial charge in [0.05, 0.1) is 7.11 Å². The standard InChI is InChI=1S/C16H21N3O2S.ClH/c1-11(8-12-6-4-5-7-14(12)21-3)19(2)16(20)13-10-22-15(9-17)18-13;/h4-7,10-11H,8-9,17H2,1-3H3;1H. The maximum absolute atomic E-state index is 12.5. The summed E-state index contributed by atoms with van der Waals surface area (Å²) >= 11 is 1.41. The molecule has 1 atom stereocenters. The normalized spacial score (nSPS) is 11.5. The molecule has 0 fully saturated rings. The molecule has 0 spiro atoms. The van der Waals surface area contributed by atoms with Crippen LogP contribution in [0.4, 0.5) is 0 Å². The van der Waals surface area contributed by atoms with Crippen molar-refractivity contribution in [2.24, 2.45) is 5.73 Å². The number of aromatic nitrogens is 1. The number of hydrogen-bond acceptors (Lipinski definition) is 5. The fourth-order valence-electron chi connectivity index (χ4n) is 2.21. The predicted octanol–water partition coefficient (Wildman–Crippen LogP) is 2.74. The highest BCUT2D eigenvalue weighted by atomic mass is 35.5. The Labute approximate surface area is 146 Å². The average molecular weight is 356 g/mol. The number of carbonyl (C=O) groups excluding carboxylic acids is 1. The third-order valence-electron chi connectivity index (χ3n) is 3.63. The molecular formula is C16H22ClN3O2S. The molecule has 126 valence electrons. The highest BCUT2D eigenvalue weighted by Crippen LogP contribution is 2.21. The van der Waals surface area contributed by atoms with Gasteiger partial charge in [0.2, 0.25) is 0 Å². The number of halogens is 1. The number of nitrogens with two attached hydrogens (primary N) is 1. The number of hydrogen-bond donors (Lipinski definition) is 1. The number of carbonyl (C=O) groups is 1. The van der Waals surface area contributed by atoms with Gasteiger partial charge in [0.15, 0.2) is 0 Å². The Bertz CT molecular complexity index is 648. The van der Waals surface area contributed by atoms with Crippen molar-refractivity contribution >= 4 is 29.7 Å². The van der Waals surface area contributed by atoms with Crippen molar-refractivity contribution < 1.29 is 9.53 Å². The Kier molecular flexibility index (Phi) is 7.48. The molecule has 0 radical (unpaired) electrons. The first kappa shape index (κ1) is 19.4. The number of rotatable bonds is 6. The van der Waals surface area contributed by atoms with Gasteiger partial charge in [-0.3, -0.25) is 4.79 Å². The number of thiazole rings is 1. The number of benzene rings is 1. The second-order valence-electron chi connectivity index (χ2n) is 5.11. The highest BCUT2D eigenvalue weighted by molar-refractivity contribution is 7.09. The molecule has 2 N–H and O–H groups in total. The van der Waals surface area contributed by atoms with Gasteiger partial charge in [-0.15, -0.1) is 23.7 Å². The van der Waals surface area contributed by atoms with E-state index in [1.807, 2.05) is 31.2 Å². The van der Waals surface area contributed by atoms with E-state index >= 15 is 0 Å². The summed E-state index contributed by atoms with van der Waals surface area (Å²) < 4.78 is 5.36. The number of amides is 1. The van der Waals surface area contributed by atoms with Crippen LogP contribution in [0, 0.1) is 0 Å². The van der Waals surface area contributed by atoms with Crippen LogP contribution < -0.4 is 10.5 Å². The molecule has 0 bridgehead atoms. The molecule has 1 aromatic carbocycles. The Morgan fingerprint density at radius 3 is 2.74 bits per heavy atom. The van der Waals surface area contributed by atoms with Crippen LogP contribution in [0.1, 0.15) is 28.0 Å². The minimum absolute atomic E-state index is 0. The van der Waals surface area contributed by atoms with Gasteiger partial charge < -0.3 is 15.4 Å². The first-order chi connectivity index (χ1) is 10.6. The Hall–Kier alpha value is -1.63. The van der Waals surface area contributed by atoms with Crippen LogP contribution in [-0.2, 0) is 13.0 Å². The molecule has 2 rings (SSSR count). The zero-order valence-corrected chi connectivity index (χ0v) is 15.1. The number of para-hydroxylation sites is 1. The molecular weight excluding hydrogens is 334 g/mol. The third kappa shape index (κ3) is 4.67. The van der Waals surface area contributed by atoms with E-state index < -0.39 is 0 Å². The predicted molar refractivity (Wildman–Crippen MR) is 95.5 cm³/mol. The largest absolute Gasteiger partial charge is 0.496 e. The summed E-state index contributed by atoms with van der Waals surface area (Å²) in [5.41, 5.74) is 7.08. The summed E-state index contributed by atoms with van der Waals surface area (Å²) in [6.07, 6.45) is 0.722. The van der Waals surface area contributed by atoms with E-state index in [4.69, 9.17) is 10.5 Å². The summed E-state index contributed by atoms with van der Waals surface area (Å²) in [6, 6.07) is 7.89. The zero-order chi connectivity index (χ0) is 16.1. The highest BCUT2D eigenvalue weighted by Gasteiger charge is 2.21. The zero-order valence-electron chi connectivity index (χ0n) is 13.5. The average Bonchev–Trinajstić information content (AvgIpc) is 3.03. The summed E-state index contributed by atoms with van der Waals surface area (Å²) in [5, 5.41) is 2.53. The van der Waals surface area contributed by atoms with Crippen LogP contribution in [0.2, 0.25) is 0 Å². The number of methoxy groups -OCH3 is 1. The first-order valence-electron chi connectivity index (χ1n) is 7.10. The lowest BCUT2D eigenvalue weighted by Gasteiger charge is -2.25. The molecule has 0 saturated carbocycles. The lowest BCUT2D eigenvalue weighted by Crippen LogP contribution is -2.36. The molecule has 1 aromatic heterocycles. The van der Waals surface area contributed by atoms with Crippen molar-refractivity contribution in [2.75, 3.05) is 14.2 Å². The third-order valence-corrected chi connectivity index (χ3v) is 4.51. The topological polar surface area (TPSA) is 68.5 Å². The lowest BCUT2D eigenvalue weighted by atomic mass is 10.0. The summed E-state index contributed by atoms with van der Waals surface area (Å²) in [7, 11) is 3.45. The van der Waals surface area contributed by atoms with E-state index in [9.17, 15) is 4.79 Å². The van der Waals surface area contributed by atoms with E-state index in [0.717, 1.165) is 22.7 Å². The second-order valence-corrected chi connectivity index (χ2v) is 6.05. The van der Waals surface area contributed by atoms with Crippen LogP contribution in [0.15, 0.2) is 29.6 Å². The van der Waals surface area contributed by atoms with Crippen molar-refractivity contribution in [3.8, 4) is 5.75 Å². The van der Waals surface area contributed by atoms with Crippen molar-refractivity contribution in [2.45, 2.75) is 25.9 Å². The smallest absolute Gasteiger partial charge is 0.273 e. The SMILES string of the molecule is COc1ccccc1CC(C)N(C)C(=O)c1csc(CN)n1.Cl. The molecule has 5 nitrogen and oxygen atoms in total. The minimum Gasteiger partial charge on any atom is -0.496 e. The van der Waals surface area contributed by atoms with Gasteiger partial charge in [0.25, 0.3) is 5.91 Å². The van der Waals surface area contributed by atoms with Crippen molar-refractivity contribution in [1.82, 2.24) is 9.88 Å².